The fraction of sp³-hybridized carbons (Fsp3) is 0.438. The highest BCUT2D eigenvalue weighted by atomic mass is 14.8. The Kier molecular flexibility index (Phi) is 2.94. The number of fused-ring (bicyclic) bond motifs is 1. The van der Waals surface area contributed by atoms with E-state index < -0.39 is 0 Å². The number of aromatic nitrogens is 1. The van der Waals surface area contributed by atoms with Crippen molar-refractivity contribution in [2.45, 2.75) is 44.9 Å². The second kappa shape index (κ2) is 4.60. The number of hydrogen-bond donors (Lipinski definition) is 1. The van der Waals surface area contributed by atoms with Crippen molar-refractivity contribution in [1.82, 2.24) is 4.98 Å². The van der Waals surface area contributed by atoms with Gasteiger partial charge < -0.3 is 5.73 Å². The number of benzene rings is 1. The van der Waals surface area contributed by atoms with Gasteiger partial charge in [-0.2, -0.15) is 0 Å². The van der Waals surface area contributed by atoms with Crippen molar-refractivity contribution in [3.8, 4) is 0 Å². The summed E-state index contributed by atoms with van der Waals surface area (Å²) in [5, 5.41) is 1.31. The summed E-state index contributed by atoms with van der Waals surface area (Å²) in [7, 11) is 0. The minimum Gasteiger partial charge on any atom is -0.383 e. The van der Waals surface area contributed by atoms with E-state index in [4.69, 9.17) is 5.73 Å². The molecule has 94 valence electrons. The van der Waals surface area contributed by atoms with Gasteiger partial charge in [-0.15, -0.1) is 0 Å². The summed E-state index contributed by atoms with van der Waals surface area (Å²) in [6.45, 7) is 2.24. The third-order valence-electron chi connectivity index (χ3n) is 3.84. The molecular formula is C16H20N2. The van der Waals surface area contributed by atoms with Crippen LogP contribution < -0.4 is 5.73 Å². The molecule has 1 aromatic carbocycles. The van der Waals surface area contributed by atoms with Crippen LogP contribution in [0.4, 0.5) is 5.82 Å². The van der Waals surface area contributed by atoms with E-state index in [0.717, 1.165) is 17.8 Å². The van der Waals surface area contributed by atoms with Crippen LogP contribution in [0, 0.1) is 0 Å². The van der Waals surface area contributed by atoms with E-state index in [1.165, 1.54) is 42.2 Å². The smallest absolute Gasteiger partial charge is 0.127 e. The fourth-order valence-corrected chi connectivity index (χ4v) is 2.77. The van der Waals surface area contributed by atoms with Crippen LogP contribution in [0.5, 0.6) is 0 Å². The van der Waals surface area contributed by atoms with E-state index in [9.17, 15) is 0 Å². The Balaban J connectivity index is 2.19. The van der Waals surface area contributed by atoms with Crippen LogP contribution in [0.2, 0.25) is 0 Å². The zero-order valence-electron chi connectivity index (χ0n) is 10.9. The van der Waals surface area contributed by atoms with Crippen LogP contribution in [0.25, 0.3) is 10.9 Å². The van der Waals surface area contributed by atoms with Crippen molar-refractivity contribution < 1.29 is 0 Å². The number of pyridine rings is 1. The maximum Gasteiger partial charge on any atom is 0.127 e. The summed E-state index contributed by atoms with van der Waals surface area (Å²) >= 11 is 0. The number of nitrogens with zero attached hydrogens (tertiary/aromatic N) is 1. The summed E-state index contributed by atoms with van der Waals surface area (Å²) in [5.41, 5.74) is 10.0. The number of anilines is 1. The van der Waals surface area contributed by atoms with Crippen LogP contribution in [-0.2, 0) is 6.42 Å². The lowest BCUT2D eigenvalue weighted by atomic mass is 9.95. The Morgan fingerprint density at radius 1 is 1.28 bits per heavy atom. The lowest BCUT2D eigenvalue weighted by Crippen LogP contribution is -2.03. The van der Waals surface area contributed by atoms with Crippen LogP contribution in [0.15, 0.2) is 24.3 Å². The third-order valence-corrected chi connectivity index (χ3v) is 3.84. The molecule has 0 atom stereocenters. The second-order valence-corrected chi connectivity index (χ2v) is 5.28. The van der Waals surface area contributed by atoms with Gasteiger partial charge in [-0.1, -0.05) is 31.5 Å². The summed E-state index contributed by atoms with van der Waals surface area (Å²) in [4.78, 5) is 4.58. The molecule has 0 unspecified atom stereocenters. The van der Waals surface area contributed by atoms with Crippen molar-refractivity contribution >= 4 is 16.7 Å². The fourth-order valence-electron chi connectivity index (χ4n) is 2.77. The lowest BCUT2D eigenvalue weighted by Gasteiger charge is -2.14. The number of para-hydroxylation sites is 1. The van der Waals surface area contributed by atoms with Gasteiger partial charge in [-0.25, -0.2) is 4.98 Å². The van der Waals surface area contributed by atoms with Gasteiger partial charge in [0.25, 0.3) is 0 Å². The zero-order chi connectivity index (χ0) is 12.5. The maximum absolute atomic E-state index is 6.19. The number of aryl methyl sites for hydroxylation is 1. The Labute approximate surface area is 108 Å². The van der Waals surface area contributed by atoms with Crippen molar-refractivity contribution in [3.63, 3.8) is 0 Å². The second-order valence-electron chi connectivity index (χ2n) is 5.28. The molecule has 1 saturated carbocycles. The van der Waals surface area contributed by atoms with Gasteiger partial charge in [0.05, 0.1) is 5.52 Å². The predicted molar refractivity (Wildman–Crippen MR) is 76.7 cm³/mol. The Morgan fingerprint density at radius 2 is 2.06 bits per heavy atom. The summed E-state index contributed by atoms with van der Waals surface area (Å²) < 4.78 is 0. The van der Waals surface area contributed by atoms with Gasteiger partial charge in [0, 0.05) is 10.9 Å². The zero-order valence-corrected chi connectivity index (χ0v) is 10.9. The quantitative estimate of drug-likeness (QED) is 0.876. The van der Waals surface area contributed by atoms with Gasteiger partial charge >= 0.3 is 0 Å². The van der Waals surface area contributed by atoms with Crippen LogP contribution in [0.1, 0.15) is 49.7 Å². The van der Waals surface area contributed by atoms with E-state index in [2.05, 4.69) is 30.1 Å². The average Bonchev–Trinajstić information content (AvgIpc) is 3.19. The highest BCUT2D eigenvalue weighted by molar-refractivity contribution is 5.86. The summed E-state index contributed by atoms with van der Waals surface area (Å²) in [6, 6.07) is 8.40. The Morgan fingerprint density at radius 3 is 2.78 bits per heavy atom. The highest BCUT2D eigenvalue weighted by Gasteiger charge is 2.29. The number of nitrogen functional groups attached to an aromatic ring is 1. The molecule has 1 aliphatic rings. The topological polar surface area (TPSA) is 38.9 Å². The first kappa shape index (κ1) is 11.5. The van der Waals surface area contributed by atoms with Gasteiger partial charge in [0.15, 0.2) is 0 Å². The normalized spacial score (nSPS) is 15.2. The average molecular weight is 240 g/mol. The summed E-state index contributed by atoms with van der Waals surface area (Å²) in [6.07, 6.45) is 6.15. The Hall–Kier alpha value is -1.57. The molecule has 0 spiro atoms. The van der Waals surface area contributed by atoms with Gasteiger partial charge in [0.2, 0.25) is 0 Å². The first-order valence-corrected chi connectivity index (χ1v) is 6.98. The van der Waals surface area contributed by atoms with Crippen LogP contribution >= 0.6 is 0 Å². The maximum atomic E-state index is 6.19. The van der Waals surface area contributed by atoms with E-state index in [-0.39, 0.29) is 0 Å². The minimum absolute atomic E-state index is 0.675. The molecule has 3 rings (SSSR count). The van der Waals surface area contributed by atoms with Crippen molar-refractivity contribution in [1.29, 1.82) is 0 Å². The van der Waals surface area contributed by atoms with E-state index in [1.54, 1.807) is 0 Å². The molecule has 0 amide bonds. The highest BCUT2D eigenvalue weighted by Crippen LogP contribution is 2.45. The largest absolute Gasteiger partial charge is 0.383 e. The van der Waals surface area contributed by atoms with Crippen molar-refractivity contribution in [2.24, 2.45) is 0 Å². The predicted octanol–water partition coefficient (Wildman–Crippen LogP) is 4.04. The minimum atomic E-state index is 0.675. The molecule has 18 heavy (non-hydrogen) atoms. The number of hydrogen-bond acceptors (Lipinski definition) is 2. The van der Waals surface area contributed by atoms with Gasteiger partial charge in [-0.05, 0) is 43.2 Å². The SMILES string of the molecule is CCCCc1c(C2CC2)c(N)nc2ccccc12. The molecule has 0 aliphatic heterocycles. The number of nitrogens with two attached hydrogens (primary N) is 1. The molecule has 1 fully saturated rings. The number of unbranched alkanes of at least 4 members (excludes halogenated alkanes) is 1. The first-order chi connectivity index (χ1) is 8.81. The van der Waals surface area contributed by atoms with Crippen LogP contribution in [0.3, 0.4) is 0 Å². The van der Waals surface area contributed by atoms with E-state index >= 15 is 0 Å². The monoisotopic (exact) mass is 240 g/mol. The number of rotatable bonds is 4. The molecule has 1 aliphatic carbocycles. The lowest BCUT2D eigenvalue weighted by molar-refractivity contribution is 0.790. The molecule has 2 nitrogen and oxygen atoms in total. The molecule has 0 radical (unpaired) electrons. The van der Waals surface area contributed by atoms with Gasteiger partial charge in [-0.3, -0.25) is 0 Å². The molecule has 2 heteroatoms. The van der Waals surface area contributed by atoms with Gasteiger partial charge in [0.1, 0.15) is 5.82 Å². The first-order valence-electron chi connectivity index (χ1n) is 6.98. The molecule has 1 heterocycles. The molecule has 2 aromatic rings. The van der Waals surface area contributed by atoms with Crippen LogP contribution in [-0.4, -0.2) is 4.98 Å². The molecular weight excluding hydrogens is 220 g/mol. The Bertz CT molecular complexity index is 571. The van der Waals surface area contributed by atoms with E-state index in [0.29, 0.717) is 5.92 Å². The molecule has 0 bridgehead atoms. The third kappa shape index (κ3) is 1.96. The van der Waals surface area contributed by atoms with Crippen molar-refractivity contribution in [2.75, 3.05) is 5.73 Å². The molecule has 0 saturated heterocycles. The van der Waals surface area contributed by atoms with Crippen molar-refractivity contribution in [3.05, 3.63) is 35.4 Å². The summed E-state index contributed by atoms with van der Waals surface area (Å²) in [5.74, 6) is 1.44. The molecule has 2 N–H and O–H groups in total. The standard InChI is InChI=1S/C16H20N2/c1-2-3-6-13-12-7-4-5-8-14(12)18-16(17)15(13)11-9-10-11/h4-5,7-8,11H,2-3,6,9-10H2,1H3,(H2,17,18). The molecule has 1 aromatic heterocycles. The van der Waals surface area contributed by atoms with E-state index in [1.807, 2.05) is 6.07 Å².